The molecule has 8 heteroatoms. The molecular weight excluding hydrogens is 379 g/mol. The normalized spacial score (nSPS) is 10.3. The van der Waals surface area contributed by atoms with E-state index in [-0.39, 0.29) is 18.2 Å². The molecule has 1 aromatic heterocycles. The van der Waals surface area contributed by atoms with E-state index < -0.39 is 11.9 Å². The number of aryl methyl sites for hydroxylation is 1. The lowest BCUT2D eigenvalue weighted by molar-refractivity contribution is -0.147. The van der Waals surface area contributed by atoms with Gasteiger partial charge in [0.2, 0.25) is 0 Å². The molecule has 0 unspecified atom stereocenters. The van der Waals surface area contributed by atoms with Gasteiger partial charge in [0.05, 0.1) is 12.3 Å². The minimum absolute atomic E-state index is 0.146. The van der Waals surface area contributed by atoms with Crippen molar-refractivity contribution in [3.8, 4) is 5.75 Å². The van der Waals surface area contributed by atoms with E-state index >= 15 is 0 Å². The maximum absolute atomic E-state index is 11.7. The molecule has 2 aromatic rings. The van der Waals surface area contributed by atoms with Crippen molar-refractivity contribution >= 4 is 40.8 Å². The fourth-order valence-corrected chi connectivity index (χ4v) is 2.28. The van der Waals surface area contributed by atoms with Gasteiger partial charge in [-0.25, -0.2) is 4.98 Å². The Kier molecular flexibility index (Phi) is 7.69. The summed E-state index contributed by atoms with van der Waals surface area (Å²) in [4.78, 5) is 27.2. The number of benzene rings is 1. The van der Waals surface area contributed by atoms with Crippen LogP contribution in [0, 0.1) is 6.92 Å². The minimum Gasteiger partial charge on any atom is -0.494 e. The molecule has 0 atom stereocenters. The molecule has 1 heterocycles. The lowest BCUT2D eigenvalue weighted by Gasteiger charge is -2.09. The van der Waals surface area contributed by atoms with E-state index in [1.165, 1.54) is 6.20 Å². The quantitative estimate of drug-likeness (QED) is 0.413. The minimum atomic E-state index is -0.485. The number of nitrogens with one attached hydrogen (secondary N) is 1. The molecule has 0 fully saturated rings. The van der Waals surface area contributed by atoms with Crippen LogP contribution in [0.25, 0.3) is 0 Å². The number of amides is 1. The van der Waals surface area contributed by atoms with Gasteiger partial charge in [0, 0.05) is 17.6 Å². The fourth-order valence-electron chi connectivity index (χ4n) is 2.00. The molecule has 0 spiro atoms. The summed E-state index contributed by atoms with van der Waals surface area (Å²) in [6, 6.07) is 8.59. The van der Waals surface area contributed by atoms with E-state index in [4.69, 9.17) is 32.7 Å². The van der Waals surface area contributed by atoms with Crippen LogP contribution >= 0.6 is 23.2 Å². The Hall–Kier alpha value is -2.31. The highest BCUT2D eigenvalue weighted by molar-refractivity contribution is 6.32. The van der Waals surface area contributed by atoms with Crippen molar-refractivity contribution in [2.24, 2.45) is 0 Å². The van der Waals surface area contributed by atoms with Crippen LogP contribution in [0.3, 0.4) is 0 Å². The molecule has 138 valence electrons. The van der Waals surface area contributed by atoms with Crippen LogP contribution in [-0.4, -0.2) is 30.1 Å². The molecule has 0 bridgehead atoms. The first-order valence-corrected chi connectivity index (χ1v) is 8.66. The first-order valence-electron chi connectivity index (χ1n) is 7.90. The Bertz CT molecular complexity index is 784. The van der Waals surface area contributed by atoms with Crippen LogP contribution in [0.1, 0.15) is 18.4 Å². The van der Waals surface area contributed by atoms with Crippen molar-refractivity contribution in [2.75, 3.05) is 18.5 Å². The molecular formula is C18H18Cl2N2O4. The molecule has 1 amide bonds. The smallest absolute Gasteiger partial charge is 0.306 e. The largest absolute Gasteiger partial charge is 0.494 e. The van der Waals surface area contributed by atoms with E-state index in [0.717, 1.165) is 5.56 Å². The van der Waals surface area contributed by atoms with Gasteiger partial charge in [-0.2, -0.15) is 0 Å². The molecule has 26 heavy (non-hydrogen) atoms. The molecule has 0 saturated heterocycles. The molecule has 6 nitrogen and oxygen atoms in total. The predicted molar refractivity (Wildman–Crippen MR) is 99.8 cm³/mol. The van der Waals surface area contributed by atoms with Crippen LogP contribution in [-0.2, 0) is 14.3 Å². The predicted octanol–water partition coefficient (Wildman–Crippen LogP) is 4.04. The van der Waals surface area contributed by atoms with E-state index in [1.807, 2.05) is 13.0 Å². The van der Waals surface area contributed by atoms with Gasteiger partial charge in [-0.15, -0.1) is 0 Å². The summed E-state index contributed by atoms with van der Waals surface area (Å²) in [5.74, 6) is -0.276. The van der Waals surface area contributed by atoms with Crippen molar-refractivity contribution in [1.29, 1.82) is 0 Å². The number of aromatic nitrogens is 1. The van der Waals surface area contributed by atoms with Gasteiger partial charge in [-0.1, -0.05) is 23.2 Å². The summed E-state index contributed by atoms with van der Waals surface area (Å²) in [6.07, 6.45) is 2.12. The van der Waals surface area contributed by atoms with Crippen LogP contribution in [0.15, 0.2) is 36.5 Å². The zero-order valence-corrected chi connectivity index (χ0v) is 15.6. The van der Waals surface area contributed by atoms with Crippen LogP contribution in [0.4, 0.5) is 5.69 Å². The van der Waals surface area contributed by atoms with E-state index in [0.29, 0.717) is 29.5 Å². The van der Waals surface area contributed by atoms with E-state index in [2.05, 4.69) is 10.3 Å². The van der Waals surface area contributed by atoms with Gasteiger partial charge < -0.3 is 14.8 Å². The van der Waals surface area contributed by atoms with Crippen molar-refractivity contribution in [3.63, 3.8) is 0 Å². The van der Waals surface area contributed by atoms with Crippen LogP contribution < -0.4 is 10.1 Å². The molecule has 0 aliphatic rings. The molecule has 1 N–H and O–H groups in total. The summed E-state index contributed by atoms with van der Waals surface area (Å²) in [5.41, 5.74) is 1.28. The number of hydrogen-bond donors (Lipinski definition) is 1. The second-order valence-corrected chi connectivity index (χ2v) is 6.18. The van der Waals surface area contributed by atoms with Gasteiger partial charge in [0.1, 0.15) is 5.75 Å². The average molecular weight is 397 g/mol. The number of rotatable bonds is 8. The average Bonchev–Trinajstić information content (AvgIpc) is 2.62. The number of ether oxygens (including phenoxy) is 2. The summed E-state index contributed by atoms with van der Waals surface area (Å²) in [7, 11) is 0. The Balaban J connectivity index is 1.63. The van der Waals surface area contributed by atoms with Gasteiger partial charge in [-0.3, -0.25) is 9.59 Å². The molecule has 0 radical (unpaired) electrons. The van der Waals surface area contributed by atoms with Crippen LogP contribution in [0.2, 0.25) is 10.2 Å². The number of esters is 1. The Labute approximate surface area is 161 Å². The second-order valence-electron chi connectivity index (χ2n) is 5.41. The zero-order chi connectivity index (χ0) is 18.9. The van der Waals surface area contributed by atoms with Crippen LogP contribution in [0.5, 0.6) is 5.75 Å². The number of hydrogen-bond acceptors (Lipinski definition) is 5. The standard InChI is InChI=1S/C18H18Cl2N2O4/c1-12-10-13(6-7-14(12)19)25-9-3-5-17(24)26-11-16(23)22-15-4-2-8-21-18(15)20/h2,4,6-8,10H,3,5,9,11H2,1H3,(H,22,23). The van der Waals surface area contributed by atoms with E-state index in [1.54, 1.807) is 24.3 Å². The SMILES string of the molecule is Cc1cc(OCCCC(=O)OCC(=O)Nc2cccnc2Cl)ccc1Cl. The fraction of sp³-hybridized carbons (Fsp3) is 0.278. The van der Waals surface area contributed by atoms with Gasteiger partial charge in [0.15, 0.2) is 11.8 Å². The second kappa shape index (κ2) is 9.99. The first-order chi connectivity index (χ1) is 12.5. The Morgan fingerprint density at radius 3 is 2.77 bits per heavy atom. The number of nitrogens with zero attached hydrogens (tertiary/aromatic N) is 1. The molecule has 2 rings (SSSR count). The van der Waals surface area contributed by atoms with Crippen molar-refractivity contribution < 1.29 is 19.1 Å². The highest BCUT2D eigenvalue weighted by Crippen LogP contribution is 2.21. The van der Waals surface area contributed by atoms with Crippen molar-refractivity contribution in [3.05, 3.63) is 52.3 Å². The maximum atomic E-state index is 11.7. The number of pyridine rings is 1. The molecule has 1 aromatic carbocycles. The summed E-state index contributed by atoms with van der Waals surface area (Å²) >= 11 is 11.8. The lowest BCUT2D eigenvalue weighted by atomic mass is 10.2. The highest BCUT2D eigenvalue weighted by atomic mass is 35.5. The number of halogens is 2. The molecule has 0 aliphatic carbocycles. The zero-order valence-electron chi connectivity index (χ0n) is 14.1. The van der Waals surface area contributed by atoms with Gasteiger partial charge in [-0.05, 0) is 49.2 Å². The Morgan fingerprint density at radius 2 is 2.04 bits per heavy atom. The summed E-state index contributed by atoms with van der Waals surface area (Å²) < 4.78 is 10.5. The van der Waals surface area contributed by atoms with Gasteiger partial charge >= 0.3 is 5.97 Å². The first kappa shape index (κ1) is 20.0. The highest BCUT2D eigenvalue weighted by Gasteiger charge is 2.10. The topological polar surface area (TPSA) is 77.5 Å². The van der Waals surface area contributed by atoms with Crippen molar-refractivity contribution in [2.45, 2.75) is 19.8 Å². The maximum Gasteiger partial charge on any atom is 0.306 e. The Morgan fingerprint density at radius 1 is 1.23 bits per heavy atom. The molecule has 0 aliphatic heterocycles. The summed E-state index contributed by atoms with van der Waals surface area (Å²) in [5, 5.41) is 3.36. The monoisotopic (exact) mass is 396 g/mol. The third kappa shape index (κ3) is 6.54. The van der Waals surface area contributed by atoms with Crippen molar-refractivity contribution in [1.82, 2.24) is 4.98 Å². The van der Waals surface area contributed by atoms with E-state index in [9.17, 15) is 9.59 Å². The van der Waals surface area contributed by atoms with Gasteiger partial charge in [0.25, 0.3) is 5.91 Å². The number of anilines is 1. The lowest BCUT2D eigenvalue weighted by Crippen LogP contribution is -2.21. The third-order valence-electron chi connectivity index (χ3n) is 3.32. The molecule has 0 saturated carbocycles. The number of carbonyl (C=O) groups is 2. The summed E-state index contributed by atoms with van der Waals surface area (Å²) in [6.45, 7) is 1.85. The third-order valence-corrected chi connectivity index (χ3v) is 4.05. The number of carbonyl (C=O) groups excluding carboxylic acids is 2.